The summed E-state index contributed by atoms with van der Waals surface area (Å²) >= 11 is 3.41. The van der Waals surface area contributed by atoms with Crippen molar-refractivity contribution in [3.05, 3.63) is 64.1 Å². The molecule has 1 amide bonds. The minimum atomic E-state index is 0.00812. The van der Waals surface area contributed by atoms with E-state index in [4.69, 9.17) is 5.73 Å². The lowest BCUT2D eigenvalue weighted by Crippen LogP contribution is -2.46. The number of anilines is 1. The van der Waals surface area contributed by atoms with Gasteiger partial charge in [0.25, 0.3) is 0 Å². The molecule has 21 heavy (non-hydrogen) atoms. The van der Waals surface area contributed by atoms with Crippen LogP contribution in [0.15, 0.2) is 53.0 Å². The summed E-state index contributed by atoms with van der Waals surface area (Å²) in [7, 11) is 0. The molecule has 0 aromatic heterocycles. The maximum atomic E-state index is 12.6. The summed E-state index contributed by atoms with van der Waals surface area (Å²) < 4.78 is 1.02. The largest absolute Gasteiger partial charge is 0.326 e. The number of rotatable bonds is 2. The molecule has 1 atom stereocenters. The number of nitrogens with zero attached hydrogens (tertiary/aromatic N) is 1. The highest BCUT2D eigenvalue weighted by Gasteiger charge is 2.26. The summed E-state index contributed by atoms with van der Waals surface area (Å²) in [6.45, 7) is 0.590. The third-order valence-corrected chi connectivity index (χ3v) is 4.28. The van der Waals surface area contributed by atoms with E-state index in [-0.39, 0.29) is 11.9 Å². The lowest BCUT2D eigenvalue weighted by molar-refractivity contribution is -0.118. The van der Waals surface area contributed by atoms with E-state index in [1.54, 1.807) is 0 Å². The number of halogens is 1. The van der Waals surface area contributed by atoms with E-state index in [1.165, 1.54) is 0 Å². The molecule has 0 spiro atoms. The summed E-state index contributed by atoms with van der Waals surface area (Å²) in [5, 5.41) is 0. The minimum Gasteiger partial charge on any atom is -0.326 e. The number of amides is 1. The number of nitrogens with two attached hydrogens (primary N) is 1. The van der Waals surface area contributed by atoms with E-state index >= 15 is 0 Å². The van der Waals surface area contributed by atoms with Crippen molar-refractivity contribution in [2.75, 3.05) is 11.4 Å². The molecule has 2 aromatic carbocycles. The molecule has 0 aliphatic carbocycles. The number of carbonyl (C=O) groups is 1. The van der Waals surface area contributed by atoms with Gasteiger partial charge in [0.1, 0.15) is 0 Å². The number of para-hydroxylation sites is 1. The SMILES string of the molecule is NC1Cc2ccccc2N(C(=O)Cc2ccc(Br)cc2)C1. The fourth-order valence-corrected chi connectivity index (χ4v) is 3.00. The van der Waals surface area contributed by atoms with Gasteiger partial charge in [-0.1, -0.05) is 46.3 Å². The first-order chi connectivity index (χ1) is 10.1. The first kappa shape index (κ1) is 14.3. The van der Waals surface area contributed by atoms with Crippen LogP contribution in [0.5, 0.6) is 0 Å². The Balaban J connectivity index is 1.83. The molecule has 1 aliphatic rings. The predicted molar refractivity (Wildman–Crippen MR) is 88.3 cm³/mol. The Morgan fingerprint density at radius 3 is 2.67 bits per heavy atom. The minimum absolute atomic E-state index is 0.00812. The number of carbonyl (C=O) groups excluding carboxylic acids is 1. The zero-order valence-corrected chi connectivity index (χ0v) is 13.2. The summed E-state index contributed by atoms with van der Waals surface area (Å²) in [6.07, 6.45) is 1.23. The Bertz CT molecular complexity index is 654. The molecular weight excluding hydrogens is 328 g/mol. The molecule has 3 rings (SSSR count). The smallest absolute Gasteiger partial charge is 0.231 e. The molecule has 3 nitrogen and oxygen atoms in total. The molecule has 0 saturated carbocycles. The van der Waals surface area contributed by atoms with Crippen LogP contribution in [0.3, 0.4) is 0 Å². The first-order valence-corrected chi connectivity index (χ1v) is 7.81. The summed E-state index contributed by atoms with van der Waals surface area (Å²) in [6, 6.07) is 15.9. The van der Waals surface area contributed by atoms with E-state index in [0.29, 0.717) is 13.0 Å². The molecular formula is C17H17BrN2O. The van der Waals surface area contributed by atoms with E-state index < -0.39 is 0 Å². The maximum absolute atomic E-state index is 12.6. The average Bonchev–Trinajstić information content (AvgIpc) is 2.48. The highest BCUT2D eigenvalue weighted by Crippen LogP contribution is 2.27. The Morgan fingerprint density at radius 2 is 1.90 bits per heavy atom. The van der Waals surface area contributed by atoms with Crippen molar-refractivity contribution < 1.29 is 4.79 Å². The van der Waals surface area contributed by atoms with Gasteiger partial charge in [-0.3, -0.25) is 4.79 Å². The molecule has 0 radical (unpaired) electrons. The lowest BCUT2D eigenvalue weighted by atomic mass is 9.97. The van der Waals surface area contributed by atoms with Crippen LogP contribution in [0.1, 0.15) is 11.1 Å². The fraction of sp³-hybridized carbons (Fsp3) is 0.235. The number of hydrogen-bond donors (Lipinski definition) is 1. The topological polar surface area (TPSA) is 46.3 Å². The number of fused-ring (bicyclic) bond motifs is 1. The predicted octanol–water partition coefficient (Wildman–Crippen LogP) is 2.91. The highest BCUT2D eigenvalue weighted by atomic mass is 79.9. The van der Waals surface area contributed by atoms with Crippen molar-refractivity contribution in [1.82, 2.24) is 0 Å². The van der Waals surface area contributed by atoms with Crippen molar-refractivity contribution in [2.24, 2.45) is 5.73 Å². The van der Waals surface area contributed by atoms with Gasteiger partial charge in [-0.05, 0) is 35.7 Å². The van der Waals surface area contributed by atoms with Crippen LogP contribution in [0, 0.1) is 0 Å². The molecule has 1 unspecified atom stereocenters. The molecule has 108 valence electrons. The van der Waals surface area contributed by atoms with Crippen molar-refractivity contribution in [3.63, 3.8) is 0 Å². The zero-order valence-electron chi connectivity index (χ0n) is 11.6. The van der Waals surface area contributed by atoms with Crippen molar-refractivity contribution in [1.29, 1.82) is 0 Å². The molecule has 0 saturated heterocycles. The number of benzene rings is 2. The quantitative estimate of drug-likeness (QED) is 0.910. The third-order valence-electron chi connectivity index (χ3n) is 3.75. The molecule has 0 fully saturated rings. The van der Waals surface area contributed by atoms with Gasteiger partial charge in [-0.2, -0.15) is 0 Å². The van der Waals surface area contributed by atoms with E-state index in [1.807, 2.05) is 53.4 Å². The summed E-state index contributed by atoms with van der Waals surface area (Å²) in [5.41, 5.74) is 9.26. The van der Waals surface area contributed by atoms with Gasteiger partial charge in [-0.15, -0.1) is 0 Å². The second kappa shape index (κ2) is 6.00. The van der Waals surface area contributed by atoms with Crippen LogP contribution in [0.4, 0.5) is 5.69 Å². The van der Waals surface area contributed by atoms with Crippen LogP contribution < -0.4 is 10.6 Å². The zero-order chi connectivity index (χ0) is 14.8. The van der Waals surface area contributed by atoms with E-state index in [2.05, 4.69) is 15.9 Å². The van der Waals surface area contributed by atoms with Gasteiger partial charge in [0.05, 0.1) is 6.42 Å². The lowest BCUT2D eigenvalue weighted by Gasteiger charge is -2.33. The molecule has 1 aliphatic heterocycles. The molecule has 2 aromatic rings. The van der Waals surface area contributed by atoms with E-state index in [0.717, 1.165) is 27.7 Å². The summed E-state index contributed by atoms with van der Waals surface area (Å²) in [4.78, 5) is 14.4. The van der Waals surface area contributed by atoms with Gasteiger partial charge in [-0.25, -0.2) is 0 Å². The Hall–Kier alpha value is -1.65. The number of hydrogen-bond acceptors (Lipinski definition) is 2. The van der Waals surface area contributed by atoms with Gasteiger partial charge in [0.2, 0.25) is 5.91 Å². The Labute approximate surface area is 132 Å². The third kappa shape index (κ3) is 3.17. The second-order valence-corrected chi connectivity index (χ2v) is 6.32. The molecule has 4 heteroatoms. The second-order valence-electron chi connectivity index (χ2n) is 5.40. The van der Waals surface area contributed by atoms with Crippen LogP contribution in [-0.4, -0.2) is 18.5 Å². The standard InChI is InChI=1S/C17H17BrN2O/c18-14-7-5-12(6-8-14)9-17(21)20-11-15(19)10-13-3-1-2-4-16(13)20/h1-8,15H,9-11,19H2. The maximum Gasteiger partial charge on any atom is 0.231 e. The highest BCUT2D eigenvalue weighted by molar-refractivity contribution is 9.10. The fourth-order valence-electron chi connectivity index (χ4n) is 2.74. The van der Waals surface area contributed by atoms with Gasteiger partial charge < -0.3 is 10.6 Å². The van der Waals surface area contributed by atoms with Crippen LogP contribution >= 0.6 is 15.9 Å². The molecule has 2 N–H and O–H groups in total. The van der Waals surface area contributed by atoms with Crippen molar-refractivity contribution >= 4 is 27.5 Å². The van der Waals surface area contributed by atoms with Crippen LogP contribution in [0.2, 0.25) is 0 Å². The van der Waals surface area contributed by atoms with Crippen molar-refractivity contribution in [2.45, 2.75) is 18.9 Å². The molecule has 1 heterocycles. The van der Waals surface area contributed by atoms with Gasteiger partial charge >= 0.3 is 0 Å². The van der Waals surface area contributed by atoms with Crippen LogP contribution in [-0.2, 0) is 17.6 Å². The van der Waals surface area contributed by atoms with Gasteiger partial charge in [0, 0.05) is 22.7 Å². The summed E-state index contributed by atoms with van der Waals surface area (Å²) in [5.74, 6) is 0.0972. The van der Waals surface area contributed by atoms with Gasteiger partial charge in [0.15, 0.2) is 0 Å². The Morgan fingerprint density at radius 1 is 1.19 bits per heavy atom. The normalized spacial score (nSPS) is 17.4. The average molecular weight is 345 g/mol. The Kier molecular flexibility index (Phi) is 4.08. The molecule has 0 bridgehead atoms. The van der Waals surface area contributed by atoms with Crippen molar-refractivity contribution in [3.8, 4) is 0 Å². The first-order valence-electron chi connectivity index (χ1n) is 7.02. The van der Waals surface area contributed by atoms with E-state index in [9.17, 15) is 4.79 Å². The van der Waals surface area contributed by atoms with Crippen LogP contribution in [0.25, 0.3) is 0 Å². The monoisotopic (exact) mass is 344 g/mol.